The summed E-state index contributed by atoms with van der Waals surface area (Å²) >= 11 is 0. The molecule has 0 amide bonds. The van der Waals surface area contributed by atoms with Crippen LogP contribution < -0.4 is 4.74 Å². The van der Waals surface area contributed by atoms with Gasteiger partial charge in [-0.3, -0.25) is 0 Å². The van der Waals surface area contributed by atoms with E-state index in [1.807, 2.05) is 18.2 Å². The van der Waals surface area contributed by atoms with Gasteiger partial charge >= 0.3 is 6.18 Å². The fourth-order valence-electron chi connectivity index (χ4n) is 2.50. The topological polar surface area (TPSA) is 9.23 Å². The predicted octanol–water partition coefficient (Wildman–Crippen LogP) is 5.72. The van der Waals surface area contributed by atoms with Crippen LogP contribution >= 0.6 is 0 Å². The summed E-state index contributed by atoms with van der Waals surface area (Å²) in [5.41, 5.74) is 2.14. The van der Waals surface area contributed by atoms with Crippen LogP contribution in [0.5, 0.6) is 5.75 Å². The highest BCUT2D eigenvalue weighted by Gasteiger charge is 2.30. The van der Waals surface area contributed by atoms with E-state index in [9.17, 15) is 13.2 Å². The second-order valence-corrected chi connectivity index (χ2v) is 6.01. The second kappa shape index (κ2) is 6.26. The Labute approximate surface area is 134 Å². The summed E-state index contributed by atoms with van der Waals surface area (Å²) in [6.07, 6.45) is -0.990. The summed E-state index contributed by atoms with van der Waals surface area (Å²) in [7, 11) is 0. The van der Waals surface area contributed by atoms with Crippen molar-refractivity contribution in [3.8, 4) is 16.9 Å². The molecule has 23 heavy (non-hydrogen) atoms. The van der Waals surface area contributed by atoms with Crippen LogP contribution in [0.25, 0.3) is 11.1 Å². The maximum atomic E-state index is 12.6. The Morgan fingerprint density at radius 2 is 1.65 bits per heavy atom. The van der Waals surface area contributed by atoms with E-state index >= 15 is 0 Å². The highest BCUT2D eigenvalue weighted by molar-refractivity contribution is 5.66. The van der Waals surface area contributed by atoms with Gasteiger partial charge in [-0.15, -0.1) is 0 Å². The second-order valence-electron chi connectivity index (χ2n) is 6.01. The molecular weight excluding hydrogens is 301 g/mol. The van der Waals surface area contributed by atoms with Gasteiger partial charge in [-0.2, -0.15) is 13.2 Å². The highest BCUT2D eigenvalue weighted by Crippen LogP contribution is 2.34. The van der Waals surface area contributed by atoms with E-state index in [0.29, 0.717) is 5.92 Å². The van der Waals surface area contributed by atoms with Gasteiger partial charge < -0.3 is 4.74 Å². The number of ether oxygens (including phenoxy) is 1. The molecule has 0 saturated heterocycles. The molecule has 0 N–H and O–H groups in total. The van der Waals surface area contributed by atoms with Gasteiger partial charge in [0.1, 0.15) is 5.75 Å². The van der Waals surface area contributed by atoms with Crippen molar-refractivity contribution in [2.45, 2.75) is 32.4 Å². The Morgan fingerprint density at radius 3 is 2.22 bits per heavy atom. The molecule has 4 heteroatoms. The van der Waals surface area contributed by atoms with Gasteiger partial charge in [0.25, 0.3) is 0 Å². The molecule has 2 aromatic rings. The lowest BCUT2D eigenvalue weighted by Gasteiger charge is -2.13. The molecule has 1 aliphatic rings. The molecule has 0 spiro atoms. The van der Waals surface area contributed by atoms with Crippen molar-refractivity contribution in [2.75, 3.05) is 6.61 Å². The Hall–Kier alpha value is -1.97. The van der Waals surface area contributed by atoms with Gasteiger partial charge in [0.2, 0.25) is 0 Å². The molecule has 1 nitrogen and oxygen atoms in total. The standard InChI is InChI=1S/C19H19F3O/c1-2-14-5-6-16(11-18(14)23-12-13-3-4-13)15-7-9-17(10-8-15)19(20,21)22/h5-11,13H,2-4,12H2,1H3. The van der Waals surface area contributed by atoms with Gasteiger partial charge in [-0.05, 0) is 60.1 Å². The number of aryl methyl sites for hydroxylation is 1. The Balaban J connectivity index is 1.85. The van der Waals surface area contributed by atoms with Crippen molar-refractivity contribution >= 4 is 0 Å². The van der Waals surface area contributed by atoms with Crippen molar-refractivity contribution in [3.63, 3.8) is 0 Å². The molecule has 0 atom stereocenters. The number of hydrogen-bond acceptors (Lipinski definition) is 1. The maximum absolute atomic E-state index is 12.6. The molecule has 122 valence electrons. The Bertz CT molecular complexity index is 670. The van der Waals surface area contributed by atoms with Gasteiger partial charge in [0.05, 0.1) is 12.2 Å². The lowest BCUT2D eigenvalue weighted by molar-refractivity contribution is -0.137. The van der Waals surface area contributed by atoms with Gasteiger partial charge in [-0.1, -0.05) is 31.2 Å². The normalized spacial score (nSPS) is 14.8. The first kappa shape index (κ1) is 15.9. The fraction of sp³-hybridized carbons (Fsp3) is 0.368. The van der Waals surface area contributed by atoms with E-state index in [0.717, 1.165) is 47.6 Å². The zero-order valence-corrected chi connectivity index (χ0v) is 13.0. The largest absolute Gasteiger partial charge is 0.493 e. The van der Waals surface area contributed by atoms with E-state index < -0.39 is 11.7 Å². The lowest BCUT2D eigenvalue weighted by Crippen LogP contribution is -2.04. The third-order valence-corrected chi connectivity index (χ3v) is 4.17. The van der Waals surface area contributed by atoms with Gasteiger partial charge in [-0.25, -0.2) is 0 Å². The molecule has 0 radical (unpaired) electrons. The summed E-state index contributed by atoms with van der Waals surface area (Å²) in [5, 5.41) is 0. The van der Waals surface area contributed by atoms with Gasteiger partial charge in [0, 0.05) is 0 Å². The van der Waals surface area contributed by atoms with E-state index in [4.69, 9.17) is 4.74 Å². The van der Waals surface area contributed by atoms with Crippen LogP contribution in [0, 0.1) is 5.92 Å². The first-order valence-electron chi connectivity index (χ1n) is 7.90. The van der Waals surface area contributed by atoms with Crippen LogP contribution in [-0.4, -0.2) is 6.61 Å². The zero-order valence-electron chi connectivity index (χ0n) is 13.0. The van der Waals surface area contributed by atoms with E-state index in [2.05, 4.69) is 6.92 Å². The summed E-state index contributed by atoms with van der Waals surface area (Å²) in [6.45, 7) is 2.79. The molecule has 2 aromatic carbocycles. The van der Waals surface area contributed by atoms with Crippen molar-refractivity contribution < 1.29 is 17.9 Å². The van der Waals surface area contributed by atoms with E-state index in [1.165, 1.54) is 25.0 Å². The SMILES string of the molecule is CCc1ccc(-c2ccc(C(F)(F)F)cc2)cc1OCC1CC1. The average molecular weight is 320 g/mol. The summed E-state index contributed by atoms with van der Waals surface area (Å²) < 4.78 is 43.9. The summed E-state index contributed by atoms with van der Waals surface area (Å²) in [4.78, 5) is 0. The molecule has 0 aromatic heterocycles. The third-order valence-electron chi connectivity index (χ3n) is 4.17. The predicted molar refractivity (Wildman–Crippen MR) is 84.5 cm³/mol. The maximum Gasteiger partial charge on any atom is 0.416 e. The Morgan fingerprint density at radius 1 is 1.00 bits per heavy atom. The van der Waals surface area contributed by atoms with E-state index in [-0.39, 0.29) is 0 Å². The molecule has 0 unspecified atom stereocenters. The molecule has 1 aliphatic carbocycles. The molecule has 1 saturated carbocycles. The van der Waals surface area contributed by atoms with Crippen molar-refractivity contribution in [1.29, 1.82) is 0 Å². The summed E-state index contributed by atoms with van der Waals surface area (Å²) in [5.74, 6) is 1.51. The fourth-order valence-corrected chi connectivity index (χ4v) is 2.50. The van der Waals surface area contributed by atoms with Crippen LogP contribution in [0.3, 0.4) is 0 Å². The minimum Gasteiger partial charge on any atom is -0.493 e. The first-order chi connectivity index (χ1) is 11.0. The number of halogens is 3. The van der Waals surface area contributed by atoms with Crippen LogP contribution in [0.15, 0.2) is 42.5 Å². The van der Waals surface area contributed by atoms with Gasteiger partial charge in [0.15, 0.2) is 0 Å². The third kappa shape index (κ3) is 3.87. The first-order valence-corrected chi connectivity index (χ1v) is 7.90. The zero-order chi connectivity index (χ0) is 16.4. The number of benzene rings is 2. The number of rotatable bonds is 5. The monoisotopic (exact) mass is 320 g/mol. The van der Waals surface area contributed by atoms with Crippen molar-refractivity contribution in [3.05, 3.63) is 53.6 Å². The molecular formula is C19H19F3O. The van der Waals surface area contributed by atoms with Crippen molar-refractivity contribution in [1.82, 2.24) is 0 Å². The molecule has 0 bridgehead atoms. The lowest BCUT2D eigenvalue weighted by atomic mass is 10.0. The summed E-state index contributed by atoms with van der Waals surface area (Å²) in [6, 6.07) is 11.1. The molecule has 3 rings (SSSR count). The highest BCUT2D eigenvalue weighted by atomic mass is 19.4. The molecule has 0 heterocycles. The smallest absolute Gasteiger partial charge is 0.416 e. The average Bonchev–Trinajstić information content (AvgIpc) is 3.36. The van der Waals surface area contributed by atoms with Crippen LogP contribution in [0.1, 0.15) is 30.9 Å². The Kier molecular flexibility index (Phi) is 4.33. The van der Waals surface area contributed by atoms with Crippen molar-refractivity contribution in [2.24, 2.45) is 5.92 Å². The van der Waals surface area contributed by atoms with E-state index in [1.54, 1.807) is 0 Å². The number of alkyl halides is 3. The number of hydrogen-bond donors (Lipinski definition) is 0. The van der Waals surface area contributed by atoms with Crippen LogP contribution in [0.4, 0.5) is 13.2 Å². The molecule has 1 fully saturated rings. The minimum atomic E-state index is -4.30. The minimum absolute atomic E-state index is 0.628. The molecule has 0 aliphatic heterocycles. The van der Waals surface area contributed by atoms with Crippen LogP contribution in [0.2, 0.25) is 0 Å². The van der Waals surface area contributed by atoms with Crippen LogP contribution in [-0.2, 0) is 12.6 Å². The quantitative estimate of drug-likeness (QED) is 0.684.